The first kappa shape index (κ1) is 19.2. The van der Waals surface area contributed by atoms with E-state index >= 15 is 0 Å². The van der Waals surface area contributed by atoms with Crippen LogP contribution in [0.4, 0.5) is 0 Å². The summed E-state index contributed by atoms with van der Waals surface area (Å²) in [5.41, 5.74) is 2.07. The Labute approximate surface area is 177 Å². The van der Waals surface area contributed by atoms with Crippen LogP contribution in [-0.2, 0) is 0 Å². The zero-order valence-electron chi connectivity index (χ0n) is 16.0. The van der Waals surface area contributed by atoms with Gasteiger partial charge < -0.3 is 0 Å². The van der Waals surface area contributed by atoms with E-state index in [1.54, 1.807) is 0 Å². The molecular weight excluding hydrogens is 544 g/mol. The first-order valence-corrected chi connectivity index (χ1v) is 17.4. The molecule has 136 valence electrons. The van der Waals surface area contributed by atoms with Crippen molar-refractivity contribution < 1.29 is 0 Å². The van der Waals surface area contributed by atoms with E-state index in [0.717, 1.165) is 11.1 Å². The predicted octanol–water partition coefficient (Wildman–Crippen LogP) is 4.43. The van der Waals surface area contributed by atoms with E-state index in [2.05, 4.69) is 104 Å². The Morgan fingerprint density at radius 3 is 1.03 bits per heavy atom. The van der Waals surface area contributed by atoms with Crippen LogP contribution in [0.2, 0.25) is 0 Å². The maximum absolute atomic E-state index is 3.78. The van der Waals surface area contributed by atoms with Gasteiger partial charge in [0, 0.05) is 0 Å². The Morgan fingerprint density at radius 2 is 0.690 bits per heavy atom. The second kappa shape index (κ2) is 9.41. The Morgan fingerprint density at radius 1 is 0.379 bits per heavy atom. The summed E-state index contributed by atoms with van der Waals surface area (Å²) in [4.78, 5) is 0. The van der Waals surface area contributed by atoms with Crippen LogP contribution >= 0.6 is 0 Å². The molecule has 0 unspecified atom stereocenters. The Kier molecular flexibility index (Phi) is 6.25. The second-order valence-electron chi connectivity index (χ2n) is 6.71. The maximum atomic E-state index is 3.75. The first-order valence-electron chi connectivity index (χ1n) is 9.64. The second-order valence-corrected chi connectivity index (χ2v) is 19.0. The molecule has 0 atom stereocenters. The Balaban J connectivity index is 1.96. The monoisotopic (exact) mass is 564 g/mol. The van der Waals surface area contributed by atoms with Gasteiger partial charge in [-0.1, -0.05) is 0 Å². The zero-order chi connectivity index (χ0) is 19.8. The van der Waals surface area contributed by atoms with Crippen molar-refractivity contribution in [1.29, 1.82) is 0 Å². The van der Waals surface area contributed by atoms with Crippen molar-refractivity contribution in [3.63, 3.8) is 0 Å². The van der Waals surface area contributed by atoms with Crippen molar-refractivity contribution in [3.05, 3.63) is 132 Å². The van der Waals surface area contributed by atoms with E-state index in [1.165, 1.54) is 6.25 Å². The van der Waals surface area contributed by atoms with E-state index in [1.807, 2.05) is 36.4 Å². The molecule has 0 saturated heterocycles. The van der Waals surface area contributed by atoms with Crippen LogP contribution in [0.15, 0.2) is 121 Å². The molecule has 0 aliphatic rings. The van der Waals surface area contributed by atoms with Crippen LogP contribution in [-0.4, -0.2) is 21.2 Å². The fourth-order valence-electron chi connectivity index (χ4n) is 3.24. The van der Waals surface area contributed by atoms with E-state index < -0.39 is 21.2 Å². The van der Waals surface area contributed by atoms with E-state index in [9.17, 15) is 0 Å². The van der Waals surface area contributed by atoms with Gasteiger partial charge in [-0.2, -0.15) is 0 Å². The summed E-state index contributed by atoms with van der Waals surface area (Å²) >= 11 is -3.78. The zero-order valence-corrected chi connectivity index (χ0v) is 19.9. The number of hydrogen-bond acceptors (Lipinski definition) is 0. The summed E-state index contributed by atoms with van der Waals surface area (Å²) in [6.45, 7) is 0. The third-order valence-electron chi connectivity index (χ3n) is 4.75. The molecule has 4 aromatic rings. The van der Waals surface area contributed by atoms with E-state index in [-0.39, 0.29) is 0 Å². The standard InChI is InChI=1S/2C8H5.2C6H5.Pb/c2*1-2-8-6-4-3-5-7-8;2*1-2-4-6-5-3-1;/h2*3-7H;2*1-5H;. The molecule has 0 bridgehead atoms. The van der Waals surface area contributed by atoms with Gasteiger partial charge in [0.05, 0.1) is 0 Å². The van der Waals surface area contributed by atoms with Crippen molar-refractivity contribution in [2.75, 3.05) is 0 Å². The first-order chi connectivity index (χ1) is 14.4. The van der Waals surface area contributed by atoms with Crippen molar-refractivity contribution in [1.82, 2.24) is 0 Å². The summed E-state index contributed by atoms with van der Waals surface area (Å²) in [5.74, 6) is 6.93. The van der Waals surface area contributed by atoms with Gasteiger partial charge in [0.25, 0.3) is 0 Å². The molecule has 0 nitrogen and oxygen atoms in total. The van der Waals surface area contributed by atoms with Gasteiger partial charge in [0.2, 0.25) is 0 Å². The molecular formula is C28H20Pb. The van der Waals surface area contributed by atoms with Crippen LogP contribution in [0.5, 0.6) is 0 Å². The van der Waals surface area contributed by atoms with Gasteiger partial charge in [-0.25, -0.2) is 0 Å². The molecule has 0 aromatic heterocycles. The summed E-state index contributed by atoms with van der Waals surface area (Å²) in [6.07, 6.45) is 0. The van der Waals surface area contributed by atoms with Gasteiger partial charge in [-0.05, 0) is 0 Å². The summed E-state index contributed by atoms with van der Waals surface area (Å²) in [6, 6.07) is 41.7. The van der Waals surface area contributed by atoms with Crippen LogP contribution in [0, 0.1) is 18.8 Å². The predicted molar refractivity (Wildman–Crippen MR) is 125 cm³/mol. The average molecular weight is 564 g/mol. The minimum absolute atomic E-state index is 1.03. The van der Waals surface area contributed by atoms with Gasteiger partial charge in [0.1, 0.15) is 0 Å². The molecule has 4 aromatic carbocycles. The average Bonchev–Trinajstić information content (AvgIpc) is 2.82. The van der Waals surface area contributed by atoms with Crippen LogP contribution < -0.4 is 6.25 Å². The third-order valence-corrected chi connectivity index (χ3v) is 18.0. The summed E-state index contributed by atoms with van der Waals surface area (Å²) < 4.78 is 10.1. The molecule has 0 aliphatic heterocycles. The van der Waals surface area contributed by atoms with Gasteiger partial charge in [-0.3, -0.25) is 0 Å². The fraction of sp³-hybridized carbons (Fsp3) is 0. The summed E-state index contributed by atoms with van der Waals surface area (Å²) in [5, 5.41) is 0. The van der Waals surface area contributed by atoms with Crippen molar-refractivity contribution in [2.45, 2.75) is 0 Å². The minimum atomic E-state index is -3.78. The van der Waals surface area contributed by atoms with Crippen molar-refractivity contribution in [3.8, 4) is 18.8 Å². The normalized spacial score (nSPS) is 10.2. The molecule has 0 heterocycles. The Bertz CT molecular complexity index is 1070. The number of rotatable bonds is 2. The third kappa shape index (κ3) is 4.68. The Hall–Kier alpha value is -3.08. The summed E-state index contributed by atoms with van der Waals surface area (Å²) in [7, 11) is 0. The number of hydrogen-bond donors (Lipinski definition) is 0. The molecule has 1 heteroatoms. The van der Waals surface area contributed by atoms with E-state index in [4.69, 9.17) is 0 Å². The van der Waals surface area contributed by atoms with Gasteiger partial charge in [0.15, 0.2) is 0 Å². The van der Waals surface area contributed by atoms with Crippen molar-refractivity contribution >= 4 is 27.4 Å². The van der Waals surface area contributed by atoms with Crippen molar-refractivity contribution in [2.24, 2.45) is 0 Å². The van der Waals surface area contributed by atoms with Crippen LogP contribution in [0.1, 0.15) is 11.1 Å². The molecule has 0 spiro atoms. The molecule has 0 N–H and O–H groups in total. The van der Waals surface area contributed by atoms with E-state index in [0.29, 0.717) is 0 Å². The quantitative estimate of drug-likeness (QED) is 0.250. The van der Waals surface area contributed by atoms with Crippen LogP contribution in [0.25, 0.3) is 0 Å². The van der Waals surface area contributed by atoms with Gasteiger partial charge in [-0.15, -0.1) is 0 Å². The fourth-order valence-corrected chi connectivity index (χ4v) is 15.0. The molecule has 29 heavy (non-hydrogen) atoms. The van der Waals surface area contributed by atoms with Crippen LogP contribution in [0.3, 0.4) is 0 Å². The topological polar surface area (TPSA) is 0 Å². The number of benzene rings is 4. The molecule has 0 aliphatic carbocycles. The molecule has 0 fully saturated rings. The molecule has 0 saturated carbocycles. The molecule has 4 rings (SSSR count). The molecule has 0 amide bonds. The SMILES string of the molecule is C(#[C][Pb]([C]#Cc1ccccc1)([c]1ccccc1)[c]1ccccc1)c1ccccc1. The van der Waals surface area contributed by atoms with Gasteiger partial charge >= 0.3 is 179 Å². The molecule has 0 radical (unpaired) electrons.